The van der Waals surface area contributed by atoms with Crippen LogP contribution in [0.1, 0.15) is 12.2 Å². The van der Waals surface area contributed by atoms with Crippen LogP contribution < -0.4 is 5.32 Å². The van der Waals surface area contributed by atoms with Crippen LogP contribution in [0.15, 0.2) is 6.33 Å². The van der Waals surface area contributed by atoms with Crippen LogP contribution in [0.25, 0.3) is 0 Å². The van der Waals surface area contributed by atoms with Crippen LogP contribution in [0.3, 0.4) is 0 Å². The van der Waals surface area contributed by atoms with Gasteiger partial charge in [0.2, 0.25) is 0 Å². The van der Waals surface area contributed by atoms with Crippen molar-refractivity contribution in [1.29, 1.82) is 0 Å². The summed E-state index contributed by atoms with van der Waals surface area (Å²) in [5.41, 5.74) is 0. The second kappa shape index (κ2) is 4.06. The van der Waals surface area contributed by atoms with E-state index in [4.69, 9.17) is 0 Å². The molecule has 0 bridgehead atoms. The summed E-state index contributed by atoms with van der Waals surface area (Å²) in [5, 5.41) is 7.52. The Morgan fingerprint density at radius 1 is 1.57 bits per heavy atom. The minimum atomic E-state index is 0.608. The molecule has 0 spiro atoms. The summed E-state index contributed by atoms with van der Waals surface area (Å²) in [6.45, 7) is 3.14. The molecule has 2 heterocycles. The van der Waals surface area contributed by atoms with Crippen LogP contribution in [-0.2, 0) is 13.6 Å². The molecule has 0 saturated carbocycles. The lowest BCUT2D eigenvalue weighted by molar-refractivity contribution is 0.396. The van der Waals surface area contributed by atoms with Crippen molar-refractivity contribution in [3.05, 3.63) is 12.2 Å². The Kier molecular flexibility index (Phi) is 2.79. The lowest BCUT2D eigenvalue weighted by Gasteiger charge is -2.11. The average Bonchev–Trinajstić information content (AvgIpc) is 2.72. The van der Waals surface area contributed by atoms with Crippen molar-refractivity contribution in [2.75, 3.05) is 20.1 Å². The van der Waals surface area contributed by atoms with Gasteiger partial charge in [0.15, 0.2) is 0 Å². The zero-order chi connectivity index (χ0) is 9.97. The van der Waals surface area contributed by atoms with Crippen molar-refractivity contribution in [2.24, 2.45) is 7.05 Å². The number of aryl methyl sites for hydroxylation is 1. The number of rotatable bonds is 3. The van der Waals surface area contributed by atoms with Crippen molar-refractivity contribution < 1.29 is 0 Å². The lowest BCUT2D eigenvalue weighted by Crippen LogP contribution is -2.31. The van der Waals surface area contributed by atoms with E-state index in [9.17, 15) is 0 Å². The second-order valence-electron chi connectivity index (χ2n) is 3.93. The van der Waals surface area contributed by atoms with E-state index in [2.05, 4.69) is 27.3 Å². The Morgan fingerprint density at radius 3 is 3.00 bits per heavy atom. The average molecular weight is 195 g/mol. The molecule has 1 fully saturated rings. The highest BCUT2D eigenvalue weighted by atomic mass is 15.3. The summed E-state index contributed by atoms with van der Waals surface area (Å²) in [6, 6.07) is 0.608. The summed E-state index contributed by atoms with van der Waals surface area (Å²) in [4.78, 5) is 6.51. The molecule has 1 atom stereocenters. The third kappa shape index (κ3) is 2.10. The second-order valence-corrected chi connectivity index (χ2v) is 3.93. The first-order chi connectivity index (χ1) is 6.75. The maximum atomic E-state index is 4.17. The van der Waals surface area contributed by atoms with Crippen molar-refractivity contribution in [3.63, 3.8) is 0 Å². The summed E-state index contributed by atoms with van der Waals surface area (Å²) >= 11 is 0. The highest BCUT2D eigenvalue weighted by molar-refractivity contribution is 4.86. The lowest BCUT2D eigenvalue weighted by atomic mass is 10.2. The Bertz CT molecular complexity index is 295. The minimum absolute atomic E-state index is 0.608. The van der Waals surface area contributed by atoms with Crippen LogP contribution in [0.5, 0.6) is 0 Å². The third-order valence-corrected chi connectivity index (χ3v) is 2.75. The summed E-state index contributed by atoms with van der Waals surface area (Å²) in [5.74, 6) is 1.000. The molecule has 1 saturated heterocycles. The van der Waals surface area contributed by atoms with Crippen LogP contribution in [0, 0.1) is 0 Å². The number of aromatic nitrogens is 3. The minimum Gasteiger partial charge on any atom is -0.306 e. The maximum absolute atomic E-state index is 4.17. The van der Waals surface area contributed by atoms with E-state index in [0.717, 1.165) is 18.9 Å². The first-order valence-corrected chi connectivity index (χ1v) is 5.00. The molecule has 0 amide bonds. The standard InChI is InChI=1S/C9H17N5/c1-13-4-3-8(6-13)10-5-9-11-7-12-14(9)2/h7-8,10H,3-6H2,1-2H3. The predicted molar refractivity (Wildman–Crippen MR) is 53.7 cm³/mol. The van der Waals surface area contributed by atoms with Gasteiger partial charge in [-0.05, 0) is 20.0 Å². The molecule has 1 aliphatic rings. The van der Waals surface area contributed by atoms with Crippen LogP contribution in [0.2, 0.25) is 0 Å². The molecule has 2 rings (SSSR count). The van der Waals surface area contributed by atoms with Gasteiger partial charge in [-0.15, -0.1) is 0 Å². The quantitative estimate of drug-likeness (QED) is 0.713. The van der Waals surface area contributed by atoms with Gasteiger partial charge in [0.25, 0.3) is 0 Å². The fourth-order valence-corrected chi connectivity index (χ4v) is 1.82. The van der Waals surface area contributed by atoms with Gasteiger partial charge < -0.3 is 10.2 Å². The molecule has 1 N–H and O–H groups in total. The van der Waals surface area contributed by atoms with Crippen molar-refractivity contribution in [1.82, 2.24) is 25.0 Å². The topological polar surface area (TPSA) is 46.0 Å². The zero-order valence-electron chi connectivity index (χ0n) is 8.77. The van der Waals surface area contributed by atoms with Gasteiger partial charge >= 0.3 is 0 Å². The highest BCUT2D eigenvalue weighted by Crippen LogP contribution is 2.06. The van der Waals surface area contributed by atoms with Gasteiger partial charge in [-0.1, -0.05) is 0 Å². The molecule has 14 heavy (non-hydrogen) atoms. The van der Waals surface area contributed by atoms with E-state index in [-0.39, 0.29) is 0 Å². The number of nitrogens with one attached hydrogen (secondary N) is 1. The van der Waals surface area contributed by atoms with Gasteiger partial charge in [-0.2, -0.15) is 5.10 Å². The molecule has 0 aromatic carbocycles. The van der Waals surface area contributed by atoms with Crippen LogP contribution in [0.4, 0.5) is 0 Å². The van der Waals surface area contributed by atoms with Crippen molar-refractivity contribution in [2.45, 2.75) is 19.0 Å². The molecule has 0 radical (unpaired) electrons. The maximum Gasteiger partial charge on any atom is 0.140 e. The van der Waals surface area contributed by atoms with E-state index in [1.54, 1.807) is 6.33 Å². The van der Waals surface area contributed by atoms with Gasteiger partial charge in [-0.3, -0.25) is 4.68 Å². The molecular formula is C9H17N5. The predicted octanol–water partition coefficient (Wildman–Crippen LogP) is -0.391. The van der Waals surface area contributed by atoms with E-state index >= 15 is 0 Å². The van der Waals surface area contributed by atoms with Gasteiger partial charge in [0, 0.05) is 19.6 Å². The molecule has 5 nitrogen and oxygen atoms in total. The molecule has 1 unspecified atom stereocenters. The number of nitrogens with zero attached hydrogens (tertiary/aromatic N) is 4. The number of likely N-dealkylation sites (tertiary alicyclic amines) is 1. The summed E-state index contributed by atoms with van der Waals surface area (Å²) in [6.07, 6.45) is 2.83. The Hall–Kier alpha value is -0.940. The van der Waals surface area contributed by atoms with E-state index in [0.29, 0.717) is 6.04 Å². The molecule has 0 aliphatic carbocycles. The number of likely N-dealkylation sites (N-methyl/N-ethyl adjacent to an activating group) is 1. The molecule has 5 heteroatoms. The number of hydrogen-bond donors (Lipinski definition) is 1. The molecule has 78 valence electrons. The Morgan fingerprint density at radius 2 is 2.43 bits per heavy atom. The first-order valence-electron chi connectivity index (χ1n) is 5.00. The smallest absolute Gasteiger partial charge is 0.140 e. The van der Waals surface area contributed by atoms with Crippen LogP contribution >= 0.6 is 0 Å². The van der Waals surface area contributed by atoms with Gasteiger partial charge in [0.05, 0.1) is 6.54 Å². The molecular weight excluding hydrogens is 178 g/mol. The van der Waals surface area contributed by atoms with Crippen molar-refractivity contribution >= 4 is 0 Å². The molecule has 1 aromatic heterocycles. The molecule has 1 aliphatic heterocycles. The fraction of sp³-hybridized carbons (Fsp3) is 0.778. The normalized spacial score (nSPS) is 23.1. The van der Waals surface area contributed by atoms with Gasteiger partial charge in [0.1, 0.15) is 12.2 Å². The SMILES string of the molecule is CN1CCC(NCc2ncnn2C)C1. The monoisotopic (exact) mass is 195 g/mol. The summed E-state index contributed by atoms with van der Waals surface area (Å²) < 4.78 is 1.81. The number of hydrogen-bond acceptors (Lipinski definition) is 4. The Balaban J connectivity index is 1.80. The van der Waals surface area contributed by atoms with E-state index in [1.807, 2.05) is 11.7 Å². The summed E-state index contributed by atoms with van der Waals surface area (Å²) in [7, 11) is 4.08. The van der Waals surface area contributed by atoms with Crippen LogP contribution in [-0.4, -0.2) is 45.8 Å². The Labute approximate surface area is 84.1 Å². The highest BCUT2D eigenvalue weighted by Gasteiger charge is 2.18. The largest absolute Gasteiger partial charge is 0.306 e. The van der Waals surface area contributed by atoms with Crippen molar-refractivity contribution in [3.8, 4) is 0 Å². The zero-order valence-corrected chi connectivity index (χ0v) is 8.77. The van der Waals surface area contributed by atoms with Gasteiger partial charge in [-0.25, -0.2) is 4.98 Å². The fourth-order valence-electron chi connectivity index (χ4n) is 1.82. The first kappa shape index (κ1) is 9.61. The van der Waals surface area contributed by atoms with E-state index in [1.165, 1.54) is 13.0 Å². The molecule has 1 aromatic rings. The third-order valence-electron chi connectivity index (χ3n) is 2.75. The van der Waals surface area contributed by atoms with E-state index < -0.39 is 0 Å².